The minimum absolute atomic E-state index is 0.485. The first-order valence-corrected chi connectivity index (χ1v) is 9.59. The van der Waals surface area contributed by atoms with Crippen LogP contribution in [0.4, 0.5) is 0 Å². The summed E-state index contributed by atoms with van der Waals surface area (Å²) < 4.78 is 24.8. The Kier molecular flexibility index (Phi) is 7.77. The molecule has 1 unspecified atom stereocenters. The van der Waals surface area contributed by atoms with E-state index in [0.717, 1.165) is 38.8 Å². The second-order valence-corrected chi connectivity index (χ2v) is 7.90. The van der Waals surface area contributed by atoms with Crippen molar-refractivity contribution < 1.29 is 8.42 Å². The fourth-order valence-corrected chi connectivity index (χ4v) is 3.70. The maximum Gasteiger partial charge on any atom is 0.211 e. The fraction of sp³-hybridized carbons (Fsp3) is 0.867. The molecular weight excluding hydrogens is 272 g/mol. The molecule has 1 atom stereocenters. The number of rotatable bonds is 8. The number of piperidine rings is 1. The Bertz CT molecular complexity index is 404. The van der Waals surface area contributed by atoms with Crippen molar-refractivity contribution in [1.29, 1.82) is 0 Å². The molecule has 20 heavy (non-hydrogen) atoms. The van der Waals surface area contributed by atoms with Gasteiger partial charge in [0.05, 0.1) is 6.26 Å². The Morgan fingerprint density at radius 2 is 2.15 bits per heavy atom. The maximum atomic E-state index is 11.6. The molecule has 0 radical (unpaired) electrons. The molecule has 0 aromatic carbocycles. The number of nitrogens with one attached hydrogen (secondary N) is 1. The van der Waals surface area contributed by atoms with Gasteiger partial charge < -0.3 is 5.32 Å². The summed E-state index contributed by atoms with van der Waals surface area (Å²) in [5.74, 6) is 0.485. The van der Waals surface area contributed by atoms with Crippen molar-refractivity contribution >= 4 is 10.0 Å². The van der Waals surface area contributed by atoms with Crippen LogP contribution in [0.5, 0.6) is 0 Å². The first-order chi connectivity index (χ1) is 9.43. The molecule has 0 aromatic rings. The second-order valence-electron chi connectivity index (χ2n) is 5.92. The largest absolute Gasteiger partial charge is 0.316 e. The molecule has 1 saturated heterocycles. The maximum absolute atomic E-state index is 11.6. The molecule has 0 aromatic heterocycles. The lowest BCUT2D eigenvalue weighted by Crippen LogP contribution is -2.39. The van der Waals surface area contributed by atoms with Crippen LogP contribution in [0.15, 0.2) is 11.6 Å². The molecule has 1 fully saturated rings. The van der Waals surface area contributed by atoms with E-state index < -0.39 is 10.0 Å². The number of sulfonamides is 1. The fourth-order valence-electron chi connectivity index (χ4n) is 2.76. The van der Waals surface area contributed by atoms with Gasteiger partial charge in [-0.3, -0.25) is 0 Å². The van der Waals surface area contributed by atoms with Crippen molar-refractivity contribution in [1.82, 2.24) is 9.62 Å². The van der Waals surface area contributed by atoms with Crippen LogP contribution in [-0.4, -0.2) is 45.2 Å². The van der Waals surface area contributed by atoms with Gasteiger partial charge in [0.25, 0.3) is 0 Å². The van der Waals surface area contributed by atoms with Crippen molar-refractivity contribution in [2.45, 2.75) is 46.0 Å². The number of hydrogen-bond donors (Lipinski definition) is 1. The molecule has 0 saturated carbocycles. The highest BCUT2D eigenvalue weighted by Crippen LogP contribution is 2.24. The molecule has 0 spiro atoms. The third-order valence-corrected chi connectivity index (χ3v) is 5.07. The Morgan fingerprint density at radius 3 is 2.80 bits per heavy atom. The third kappa shape index (κ3) is 6.86. The van der Waals surface area contributed by atoms with Crippen LogP contribution in [0.25, 0.3) is 0 Å². The van der Waals surface area contributed by atoms with Crippen LogP contribution < -0.4 is 5.32 Å². The summed E-state index contributed by atoms with van der Waals surface area (Å²) in [5, 5.41) is 3.39. The average molecular weight is 302 g/mol. The smallest absolute Gasteiger partial charge is 0.211 e. The summed E-state index contributed by atoms with van der Waals surface area (Å²) in [4.78, 5) is 0. The zero-order chi connectivity index (χ0) is 15.0. The zero-order valence-corrected chi connectivity index (χ0v) is 14.0. The van der Waals surface area contributed by atoms with Gasteiger partial charge in [0.15, 0.2) is 0 Å². The van der Waals surface area contributed by atoms with Crippen LogP contribution in [0, 0.1) is 5.92 Å². The van der Waals surface area contributed by atoms with E-state index >= 15 is 0 Å². The van der Waals surface area contributed by atoms with E-state index in [0.29, 0.717) is 19.0 Å². The highest BCUT2D eigenvalue weighted by atomic mass is 32.2. The van der Waals surface area contributed by atoms with E-state index in [2.05, 4.69) is 25.2 Å². The van der Waals surface area contributed by atoms with E-state index in [9.17, 15) is 8.42 Å². The zero-order valence-electron chi connectivity index (χ0n) is 13.2. The van der Waals surface area contributed by atoms with Gasteiger partial charge in [0.2, 0.25) is 10.0 Å². The van der Waals surface area contributed by atoms with Crippen molar-refractivity contribution in [3.63, 3.8) is 0 Å². The highest BCUT2D eigenvalue weighted by molar-refractivity contribution is 7.88. The molecule has 0 aliphatic carbocycles. The minimum atomic E-state index is -3.02. The second kappa shape index (κ2) is 8.80. The summed E-state index contributed by atoms with van der Waals surface area (Å²) in [6.45, 7) is 7.84. The first kappa shape index (κ1) is 17.7. The topological polar surface area (TPSA) is 49.4 Å². The van der Waals surface area contributed by atoms with E-state index in [4.69, 9.17) is 0 Å². The molecule has 1 aliphatic rings. The molecular formula is C15H30N2O2S. The van der Waals surface area contributed by atoms with Crippen LogP contribution >= 0.6 is 0 Å². The first-order valence-electron chi connectivity index (χ1n) is 7.75. The number of allylic oxidation sites excluding steroid dienone is 1. The predicted molar refractivity (Wildman–Crippen MR) is 85.3 cm³/mol. The molecule has 0 amide bonds. The Morgan fingerprint density at radius 1 is 1.40 bits per heavy atom. The molecule has 1 aliphatic heterocycles. The SMILES string of the molecule is CCCNCCC=C(C)CC1CCCN(S(C)(=O)=O)C1. The lowest BCUT2D eigenvalue weighted by Gasteiger charge is -2.31. The standard InChI is InChI=1S/C15H30N2O2S/c1-4-9-16-10-5-7-14(2)12-15-8-6-11-17(13-15)20(3,18)19/h7,15-16H,4-6,8-13H2,1-3H3. The van der Waals surface area contributed by atoms with Gasteiger partial charge in [0.1, 0.15) is 0 Å². The van der Waals surface area contributed by atoms with E-state index in [1.165, 1.54) is 18.2 Å². The Hall–Kier alpha value is -0.390. The van der Waals surface area contributed by atoms with Crippen LogP contribution in [-0.2, 0) is 10.0 Å². The van der Waals surface area contributed by atoms with Crippen LogP contribution in [0.2, 0.25) is 0 Å². The molecule has 118 valence electrons. The van der Waals surface area contributed by atoms with Crippen molar-refractivity contribution in [2.24, 2.45) is 5.92 Å². The van der Waals surface area contributed by atoms with Gasteiger partial charge in [-0.2, -0.15) is 0 Å². The normalized spacial score (nSPS) is 22.1. The monoisotopic (exact) mass is 302 g/mol. The minimum Gasteiger partial charge on any atom is -0.316 e. The Balaban J connectivity index is 2.34. The molecule has 0 bridgehead atoms. The summed E-state index contributed by atoms with van der Waals surface area (Å²) in [6.07, 6.45) is 9.01. The molecule has 1 rings (SSSR count). The molecule has 5 heteroatoms. The van der Waals surface area contributed by atoms with Gasteiger partial charge in [-0.25, -0.2) is 12.7 Å². The van der Waals surface area contributed by atoms with Crippen LogP contribution in [0.1, 0.15) is 46.0 Å². The van der Waals surface area contributed by atoms with Gasteiger partial charge in [-0.05, 0) is 58.0 Å². The number of hydrogen-bond acceptors (Lipinski definition) is 3. The average Bonchev–Trinajstić information content (AvgIpc) is 2.38. The van der Waals surface area contributed by atoms with Gasteiger partial charge in [-0.15, -0.1) is 0 Å². The summed E-state index contributed by atoms with van der Waals surface area (Å²) in [5.41, 5.74) is 1.39. The van der Waals surface area contributed by atoms with E-state index in [1.807, 2.05) is 0 Å². The Labute approximate surface area is 124 Å². The predicted octanol–water partition coefficient (Wildman–Crippen LogP) is 2.38. The lowest BCUT2D eigenvalue weighted by molar-refractivity contribution is 0.266. The quantitative estimate of drug-likeness (QED) is 0.553. The lowest BCUT2D eigenvalue weighted by atomic mass is 9.92. The van der Waals surface area contributed by atoms with E-state index in [-0.39, 0.29) is 0 Å². The molecule has 4 nitrogen and oxygen atoms in total. The highest BCUT2D eigenvalue weighted by Gasteiger charge is 2.25. The third-order valence-electron chi connectivity index (χ3n) is 3.80. The summed E-state index contributed by atoms with van der Waals surface area (Å²) in [6, 6.07) is 0. The van der Waals surface area contributed by atoms with Gasteiger partial charge in [0, 0.05) is 13.1 Å². The van der Waals surface area contributed by atoms with Crippen molar-refractivity contribution in [3.05, 3.63) is 11.6 Å². The summed E-state index contributed by atoms with van der Waals surface area (Å²) >= 11 is 0. The van der Waals surface area contributed by atoms with Crippen LogP contribution in [0.3, 0.4) is 0 Å². The van der Waals surface area contributed by atoms with Gasteiger partial charge in [-0.1, -0.05) is 18.6 Å². The molecule has 1 heterocycles. The van der Waals surface area contributed by atoms with Crippen molar-refractivity contribution in [3.8, 4) is 0 Å². The van der Waals surface area contributed by atoms with Crippen molar-refractivity contribution in [2.75, 3.05) is 32.4 Å². The van der Waals surface area contributed by atoms with E-state index in [1.54, 1.807) is 4.31 Å². The number of nitrogens with zero attached hydrogens (tertiary/aromatic N) is 1. The van der Waals surface area contributed by atoms with Gasteiger partial charge >= 0.3 is 0 Å². The summed E-state index contributed by atoms with van der Waals surface area (Å²) in [7, 11) is -3.02. The molecule has 1 N–H and O–H groups in total.